The quantitative estimate of drug-likeness (QED) is 0.591. The highest BCUT2D eigenvalue weighted by atomic mass is 19.4. The summed E-state index contributed by atoms with van der Waals surface area (Å²) < 4.78 is 37.8. The van der Waals surface area contributed by atoms with E-state index in [2.05, 4.69) is 0 Å². The van der Waals surface area contributed by atoms with E-state index >= 15 is 0 Å². The first kappa shape index (κ1) is 10.9. The highest BCUT2D eigenvalue weighted by Gasteiger charge is 2.53. The molecule has 1 rings (SSSR count). The van der Waals surface area contributed by atoms with Gasteiger partial charge in [0.25, 0.3) is 0 Å². The molecule has 0 aromatic heterocycles. The molecule has 2 atom stereocenters. The minimum atomic E-state index is -4.05. The Morgan fingerprint density at radius 2 is 1.62 bits per heavy atom. The van der Waals surface area contributed by atoms with E-state index in [0.717, 1.165) is 19.3 Å². The van der Waals surface area contributed by atoms with Crippen molar-refractivity contribution in [2.24, 2.45) is 17.3 Å². The predicted molar refractivity (Wildman–Crippen MR) is 46.3 cm³/mol. The first-order chi connectivity index (χ1) is 5.75. The Kier molecular flexibility index (Phi) is 2.65. The Morgan fingerprint density at radius 1 is 1.08 bits per heavy atom. The Labute approximate surface area is 77.5 Å². The summed E-state index contributed by atoms with van der Waals surface area (Å²) in [7, 11) is 0. The van der Waals surface area contributed by atoms with Gasteiger partial charge >= 0.3 is 6.18 Å². The van der Waals surface area contributed by atoms with Gasteiger partial charge in [0.05, 0.1) is 5.41 Å². The normalized spacial score (nSPS) is 30.9. The molecule has 0 aliphatic heterocycles. The molecule has 13 heavy (non-hydrogen) atoms. The lowest BCUT2D eigenvalue weighted by molar-refractivity contribution is -0.229. The molecule has 0 aromatic carbocycles. The van der Waals surface area contributed by atoms with Crippen LogP contribution in [0.5, 0.6) is 0 Å². The number of hydrogen-bond acceptors (Lipinski definition) is 0. The first-order valence-electron chi connectivity index (χ1n) is 4.82. The summed E-state index contributed by atoms with van der Waals surface area (Å²) in [6, 6.07) is 0. The molecular formula is C10H17F3. The molecule has 3 heteroatoms. The van der Waals surface area contributed by atoms with Crippen molar-refractivity contribution in [3.63, 3.8) is 0 Å². The smallest absolute Gasteiger partial charge is 0.171 e. The summed E-state index contributed by atoms with van der Waals surface area (Å²) in [6.07, 6.45) is -1.65. The van der Waals surface area contributed by atoms with E-state index in [1.165, 1.54) is 13.8 Å². The Bertz CT molecular complexity index is 181. The van der Waals surface area contributed by atoms with Crippen LogP contribution in [0, 0.1) is 17.3 Å². The molecule has 1 aliphatic carbocycles. The molecule has 0 aromatic rings. The average Bonchev–Trinajstić information content (AvgIpc) is 2.33. The molecular weight excluding hydrogens is 177 g/mol. The topological polar surface area (TPSA) is 0 Å². The van der Waals surface area contributed by atoms with Crippen LogP contribution in [-0.2, 0) is 0 Å². The third kappa shape index (κ3) is 2.00. The standard InChI is InChI=1S/C10H17F3/c1-7-4-5-8(6-7)9(2,3)10(11,12)13/h7-8H,4-6H2,1-3H3. The monoisotopic (exact) mass is 194 g/mol. The van der Waals surface area contributed by atoms with Gasteiger partial charge in [-0.3, -0.25) is 0 Å². The molecule has 1 aliphatic rings. The van der Waals surface area contributed by atoms with Crippen LogP contribution in [0.1, 0.15) is 40.0 Å². The average molecular weight is 194 g/mol. The lowest BCUT2D eigenvalue weighted by atomic mass is 9.77. The molecule has 1 fully saturated rings. The van der Waals surface area contributed by atoms with Crippen LogP contribution in [0.4, 0.5) is 13.2 Å². The zero-order chi connectivity index (χ0) is 10.3. The second kappa shape index (κ2) is 3.18. The van der Waals surface area contributed by atoms with Crippen molar-refractivity contribution in [3.8, 4) is 0 Å². The fourth-order valence-electron chi connectivity index (χ4n) is 2.09. The summed E-state index contributed by atoms with van der Waals surface area (Å²) in [5.41, 5.74) is -1.50. The Morgan fingerprint density at radius 3 is 1.92 bits per heavy atom. The van der Waals surface area contributed by atoms with Crippen LogP contribution in [0.25, 0.3) is 0 Å². The number of halogens is 3. The molecule has 0 saturated heterocycles. The molecule has 0 spiro atoms. The molecule has 1 saturated carbocycles. The SMILES string of the molecule is CC1CCC(C(C)(C)C(F)(F)F)C1. The summed E-state index contributed by atoms with van der Waals surface area (Å²) in [6.45, 7) is 4.69. The van der Waals surface area contributed by atoms with E-state index in [1.807, 2.05) is 6.92 Å². The summed E-state index contributed by atoms with van der Waals surface area (Å²) >= 11 is 0. The van der Waals surface area contributed by atoms with Crippen LogP contribution in [-0.4, -0.2) is 6.18 Å². The van der Waals surface area contributed by atoms with E-state index in [0.29, 0.717) is 5.92 Å². The van der Waals surface area contributed by atoms with Crippen molar-refractivity contribution in [3.05, 3.63) is 0 Å². The van der Waals surface area contributed by atoms with Crippen molar-refractivity contribution >= 4 is 0 Å². The zero-order valence-corrected chi connectivity index (χ0v) is 8.41. The van der Waals surface area contributed by atoms with Gasteiger partial charge in [0.2, 0.25) is 0 Å². The largest absolute Gasteiger partial charge is 0.394 e. The van der Waals surface area contributed by atoms with E-state index in [1.54, 1.807) is 0 Å². The van der Waals surface area contributed by atoms with Crippen molar-refractivity contribution in [2.75, 3.05) is 0 Å². The molecule has 0 radical (unpaired) electrons. The van der Waals surface area contributed by atoms with Crippen LogP contribution >= 0.6 is 0 Å². The van der Waals surface area contributed by atoms with E-state index in [-0.39, 0.29) is 5.92 Å². The fourth-order valence-corrected chi connectivity index (χ4v) is 2.09. The van der Waals surface area contributed by atoms with Gasteiger partial charge < -0.3 is 0 Å². The van der Waals surface area contributed by atoms with E-state index < -0.39 is 11.6 Å². The van der Waals surface area contributed by atoms with Crippen molar-refractivity contribution < 1.29 is 13.2 Å². The van der Waals surface area contributed by atoms with Crippen LogP contribution in [0.15, 0.2) is 0 Å². The summed E-state index contributed by atoms with van der Waals surface area (Å²) in [5, 5.41) is 0. The lowest BCUT2D eigenvalue weighted by Gasteiger charge is -2.33. The maximum absolute atomic E-state index is 12.6. The molecule has 0 amide bonds. The highest BCUT2D eigenvalue weighted by Crippen LogP contribution is 2.50. The van der Waals surface area contributed by atoms with Gasteiger partial charge in [0, 0.05) is 0 Å². The second-order valence-corrected chi connectivity index (χ2v) is 4.83. The Hall–Kier alpha value is -0.210. The van der Waals surface area contributed by atoms with Gasteiger partial charge in [0.15, 0.2) is 0 Å². The molecule has 0 heterocycles. The fraction of sp³-hybridized carbons (Fsp3) is 1.00. The molecule has 0 bridgehead atoms. The van der Waals surface area contributed by atoms with Gasteiger partial charge in [-0.05, 0) is 24.7 Å². The lowest BCUT2D eigenvalue weighted by Crippen LogP contribution is -2.38. The van der Waals surface area contributed by atoms with E-state index in [4.69, 9.17) is 0 Å². The van der Waals surface area contributed by atoms with Gasteiger partial charge in [-0.2, -0.15) is 13.2 Å². The van der Waals surface area contributed by atoms with Crippen molar-refractivity contribution in [2.45, 2.75) is 46.2 Å². The highest BCUT2D eigenvalue weighted by molar-refractivity contribution is 4.89. The summed E-state index contributed by atoms with van der Waals surface area (Å²) in [5.74, 6) is 0.286. The maximum Gasteiger partial charge on any atom is 0.394 e. The van der Waals surface area contributed by atoms with Crippen LogP contribution < -0.4 is 0 Å². The third-order valence-corrected chi connectivity index (χ3v) is 3.45. The van der Waals surface area contributed by atoms with Crippen molar-refractivity contribution in [1.29, 1.82) is 0 Å². The van der Waals surface area contributed by atoms with Gasteiger partial charge in [-0.1, -0.05) is 27.2 Å². The molecule has 78 valence electrons. The molecule has 0 nitrogen and oxygen atoms in total. The number of alkyl halides is 3. The third-order valence-electron chi connectivity index (χ3n) is 3.45. The zero-order valence-electron chi connectivity index (χ0n) is 8.41. The summed E-state index contributed by atoms with van der Waals surface area (Å²) in [4.78, 5) is 0. The van der Waals surface area contributed by atoms with Crippen LogP contribution in [0.3, 0.4) is 0 Å². The maximum atomic E-state index is 12.6. The number of rotatable bonds is 1. The minimum Gasteiger partial charge on any atom is -0.171 e. The molecule has 2 unspecified atom stereocenters. The minimum absolute atomic E-state index is 0.178. The number of hydrogen-bond donors (Lipinski definition) is 0. The van der Waals surface area contributed by atoms with Crippen molar-refractivity contribution in [1.82, 2.24) is 0 Å². The van der Waals surface area contributed by atoms with Gasteiger partial charge in [-0.15, -0.1) is 0 Å². The first-order valence-corrected chi connectivity index (χ1v) is 4.82. The molecule has 0 N–H and O–H groups in total. The van der Waals surface area contributed by atoms with Gasteiger partial charge in [-0.25, -0.2) is 0 Å². The Balaban J connectivity index is 2.70. The van der Waals surface area contributed by atoms with Gasteiger partial charge in [0.1, 0.15) is 0 Å². The van der Waals surface area contributed by atoms with Crippen LogP contribution in [0.2, 0.25) is 0 Å². The predicted octanol–water partition coefficient (Wildman–Crippen LogP) is 4.01. The second-order valence-electron chi connectivity index (χ2n) is 4.83. The van der Waals surface area contributed by atoms with E-state index in [9.17, 15) is 13.2 Å².